The monoisotopic (exact) mass is 409 g/mol. The van der Waals surface area contributed by atoms with Crippen LogP contribution in [0, 0.1) is 20.8 Å². The van der Waals surface area contributed by atoms with Gasteiger partial charge < -0.3 is 20.7 Å². The van der Waals surface area contributed by atoms with Crippen LogP contribution >= 0.6 is 0 Å². The number of ether oxygens (including phenoxy) is 1. The third kappa shape index (κ3) is 5.54. The first kappa shape index (κ1) is 22.2. The standard InChI is InChI=1S/C25H35N3O2/c1-17-16-23(26)18(2)19(3)24(17)30-20(4)25(29)27-22-11-14-28(15-12-22)13-10-21-8-6-5-7-9-21/h5-9,16,20,22H,10-15,26H2,1-4H3,(H,27,29). The Bertz CT molecular complexity index is 858. The van der Waals surface area contributed by atoms with Crippen LogP contribution in [0.4, 0.5) is 5.69 Å². The molecule has 1 fully saturated rings. The van der Waals surface area contributed by atoms with Crippen molar-refractivity contribution in [1.82, 2.24) is 10.2 Å². The summed E-state index contributed by atoms with van der Waals surface area (Å²) in [5.74, 6) is 0.714. The third-order valence-electron chi connectivity index (χ3n) is 6.22. The number of hydrogen-bond acceptors (Lipinski definition) is 4. The number of likely N-dealkylation sites (tertiary alicyclic amines) is 1. The molecule has 0 radical (unpaired) electrons. The Morgan fingerprint density at radius 3 is 2.50 bits per heavy atom. The highest BCUT2D eigenvalue weighted by atomic mass is 16.5. The third-order valence-corrected chi connectivity index (χ3v) is 6.22. The topological polar surface area (TPSA) is 67.6 Å². The molecule has 0 saturated carbocycles. The fourth-order valence-corrected chi connectivity index (χ4v) is 4.05. The SMILES string of the molecule is Cc1cc(N)c(C)c(C)c1OC(C)C(=O)NC1CCN(CCc2ccccc2)CC1. The van der Waals surface area contributed by atoms with E-state index >= 15 is 0 Å². The molecule has 0 aliphatic carbocycles. The minimum atomic E-state index is -0.540. The molecule has 3 rings (SSSR count). The molecule has 1 unspecified atom stereocenters. The average Bonchev–Trinajstić information content (AvgIpc) is 2.75. The van der Waals surface area contributed by atoms with Crippen molar-refractivity contribution >= 4 is 11.6 Å². The van der Waals surface area contributed by atoms with Crippen LogP contribution in [0.25, 0.3) is 0 Å². The van der Waals surface area contributed by atoms with Gasteiger partial charge in [0.2, 0.25) is 0 Å². The van der Waals surface area contributed by atoms with E-state index in [-0.39, 0.29) is 11.9 Å². The van der Waals surface area contributed by atoms with Gasteiger partial charge in [-0.1, -0.05) is 30.3 Å². The number of carbonyl (C=O) groups excluding carboxylic acids is 1. The van der Waals surface area contributed by atoms with Crippen LogP contribution in [-0.2, 0) is 11.2 Å². The summed E-state index contributed by atoms with van der Waals surface area (Å²) < 4.78 is 6.05. The number of benzene rings is 2. The molecule has 1 saturated heterocycles. The second-order valence-electron chi connectivity index (χ2n) is 8.48. The quantitative estimate of drug-likeness (QED) is 0.683. The number of nitrogen functional groups attached to an aromatic ring is 1. The molecule has 1 aliphatic heterocycles. The number of amides is 1. The van der Waals surface area contributed by atoms with Gasteiger partial charge in [0.15, 0.2) is 6.10 Å². The van der Waals surface area contributed by atoms with E-state index in [1.807, 2.05) is 33.8 Å². The molecule has 0 aromatic heterocycles. The Hall–Kier alpha value is -2.53. The van der Waals surface area contributed by atoms with Crippen molar-refractivity contribution in [3.8, 4) is 5.75 Å². The zero-order valence-electron chi connectivity index (χ0n) is 18.7. The zero-order chi connectivity index (χ0) is 21.7. The van der Waals surface area contributed by atoms with Crippen LogP contribution < -0.4 is 15.8 Å². The van der Waals surface area contributed by atoms with E-state index in [4.69, 9.17) is 10.5 Å². The number of nitrogens with zero attached hydrogens (tertiary/aromatic N) is 1. The fraction of sp³-hybridized carbons (Fsp3) is 0.480. The minimum Gasteiger partial charge on any atom is -0.480 e. The van der Waals surface area contributed by atoms with Gasteiger partial charge in [0.05, 0.1) is 0 Å². The number of carbonyl (C=O) groups is 1. The summed E-state index contributed by atoms with van der Waals surface area (Å²) in [6.45, 7) is 10.9. The Morgan fingerprint density at radius 2 is 1.83 bits per heavy atom. The van der Waals surface area contributed by atoms with Crippen molar-refractivity contribution in [2.24, 2.45) is 0 Å². The number of hydrogen-bond donors (Lipinski definition) is 2. The lowest BCUT2D eigenvalue weighted by Gasteiger charge is -2.33. The van der Waals surface area contributed by atoms with Crippen molar-refractivity contribution in [2.45, 2.75) is 59.1 Å². The molecule has 2 aromatic carbocycles. The zero-order valence-corrected chi connectivity index (χ0v) is 18.7. The van der Waals surface area contributed by atoms with Crippen molar-refractivity contribution in [1.29, 1.82) is 0 Å². The molecule has 30 heavy (non-hydrogen) atoms. The van der Waals surface area contributed by atoms with E-state index in [0.29, 0.717) is 0 Å². The lowest BCUT2D eigenvalue weighted by Crippen LogP contribution is -2.48. The summed E-state index contributed by atoms with van der Waals surface area (Å²) in [6, 6.07) is 12.7. The van der Waals surface area contributed by atoms with Crippen LogP contribution in [0.5, 0.6) is 5.75 Å². The summed E-state index contributed by atoms with van der Waals surface area (Å²) in [5, 5.41) is 3.18. The number of piperidine rings is 1. The second kappa shape index (κ2) is 9.98. The Labute approximate surface area is 180 Å². The Morgan fingerprint density at radius 1 is 1.17 bits per heavy atom. The first-order valence-electron chi connectivity index (χ1n) is 10.9. The van der Waals surface area contributed by atoms with Gasteiger partial charge in [0.1, 0.15) is 5.75 Å². The van der Waals surface area contributed by atoms with Gasteiger partial charge in [-0.3, -0.25) is 4.79 Å². The largest absolute Gasteiger partial charge is 0.480 e. The van der Waals surface area contributed by atoms with Crippen LogP contribution in [0.2, 0.25) is 0 Å². The summed E-state index contributed by atoms with van der Waals surface area (Å²) in [7, 11) is 0. The number of anilines is 1. The summed E-state index contributed by atoms with van der Waals surface area (Å²) in [5.41, 5.74) is 11.1. The average molecular weight is 410 g/mol. The minimum absolute atomic E-state index is 0.0500. The number of nitrogens with two attached hydrogens (primary N) is 1. The molecule has 1 atom stereocenters. The van der Waals surface area contributed by atoms with Gasteiger partial charge in [0, 0.05) is 31.4 Å². The number of aryl methyl sites for hydroxylation is 1. The molecular weight excluding hydrogens is 374 g/mol. The van der Waals surface area contributed by atoms with Gasteiger partial charge in [-0.05, 0) is 75.3 Å². The van der Waals surface area contributed by atoms with E-state index in [9.17, 15) is 4.79 Å². The van der Waals surface area contributed by atoms with Gasteiger partial charge in [-0.25, -0.2) is 0 Å². The van der Waals surface area contributed by atoms with Crippen LogP contribution in [0.1, 0.15) is 42.0 Å². The smallest absolute Gasteiger partial charge is 0.260 e. The molecule has 5 nitrogen and oxygen atoms in total. The van der Waals surface area contributed by atoms with Gasteiger partial charge in [-0.15, -0.1) is 0 Å². The maximum atomic E-state index is 12.7. The molecule has 5 heteroatoms. The highest BCUT2D eigenvalue weighted by Gasteiger charge is 2.24. The van der Waals surface area contributed by atoms with Gasteiger partial charge in [0.25, 0.3) is 5.91 Å². The number of rotatable bonds is 7. The van der Waals surface area contributed by atoms with Crippen LogP contribution in [-0.4, -0.2) is 42.6 Å². The molecular formula is C25H35N3O2. The Balaban J connectivity index is 1.46. The van der Waals surface area contributed by atoms with Crippen molar-refractivity contribution in [3.63, 3.8) is 0 Å². The first-order valence-corrected chi connectivity index (χ1v) is 10.9. The van der Waals surface area contributed by atoms with Crippen LogP contribution in [0.15, 0.2) is 36.4 Å². The lowest BCUT2D eigenvalue weighted by molar-refractivity contribution is -0.128. The molecule has 3 N–H and O–H groups in total. The predicted octanol–water partition coefficient (Wildman–Crippen LogP) is 3.78. The van der Waals surface area contributed by atoms with E-state index in [1.165, 1.54) is 5.56 Å². The molecule has 0 bridgehead atoms. The molecule has 1 amide bonds. The summed E-state index contributed by atoms with van der Waals surface area (Å²) in [4.78, 5) is 15.2. The van der Waals surface area contributed by atoms with Crippen molar-refractivity contribution < 1.29 is 9.53 Å². The predicted molar refractivity (Wildman–Crippen MR) is 123 cm³/mol. The molecule has 1 heterocycles. The van der Waals surface area contributed by atoms with Crippen molar-refractivity contribution in [3.05, 3.63) is 58.7 Å². The summed E-state index contributed by atoms with van der Waals surface area (Å²) in [6.07, 6.45) is 2.49. The highest BCUT2D eigenvalue weighted by Crippen LogP contribution is 2.31. The summed E-state index contributed by atoms with van der Waals surface area (Å²) >= 11 is 0. The molecule has 162 valence electrons. The van der Waals surface area contributed by atoms with Gasteiger partial charge in [-0.2, -0.15) is 0 Å². The highest BCUT2D eigenvalue weighted by molar-refractivity contribution is 5.81. The van der Waals surface area contributed by atoms with E-state index in [0.717, 1.165) is 67.0 Å². The van der Waals surface area contributed by atoms with Crippen LogP contribution in [0.3, 0.4) is 0 Å². The normalized spacial score (nSPS) is 16.3. The molecule has 0 spiro atoms. The second-order valence-corrected chi connectivity index (χ2v) is 8.48. The number of nitrogens with one attached hydrogen (secondary N) is 1. The molecule has 2 aromatic rings. The van der Waals surface area contributed by atoms with E-state index < -0.39 is 6.10 Å². The fourth-order valence-electron chi connectivity index (χ4n) is 4.05. The molecule has 1 aliphatic rings. The van der Waals surface area contributed by atoms with E-state index in [2.05, 4.69) is 40.5 Å². The maximum Gasteiger partial charge on any atom is 0.260 e. The van der Waals surface area contributed by atoms with Gasteiger partial charge >= 0.3 is 0 Å². The van der Waals surface area contributed by atoms with E-state index in [1.54, 1.807) is 0 Å². The Kier molecular flexibility index (Phi) is 7.38. The van der Waals surface area contributed by atoms with Crippen molar-refractivity contribution in [2.75, 3.05) is 25.4 Å². The first-order chi connectivity index (χ1) is 14.3. The lowest BCUT2D eigenvalue weighted by atomic mass is 10.0. The maximum absolute atomic E-state index is 12.7.